The highest BCUT2D eigenvalue weighted by Gasteiger charge is 2.45. The third kappa shape index (κ3) is 11.4. The van der Waals surface area contributed by atoms with E-state index in [-0.39, 0.29) is 18.4 Å². The van der Waals surface area contributed by atoms with Gasteiger partial charge in [-0.05, 0) is 6.92 Å². The largest absolute Gasteiger partial charge is 0.394 e. The predicted molar refractivity (Wildman–Crippen MR) is 146 cm³/mol. The molecule has 3 heterocycles. The van der Waals surface area contributed by atoms with E-state index in [4.69, 9.17) is 51.8 Å². The standard InChI is InChI=1S/C9H17NO5.C7H15N3O5.C6H13NO5.ClH/c1-4(2)10-6-8(13)7(12)5(3-11)15-9(6)14;8-7(9)10-3-5(13)4(12)2(1-11)15-6(3)14;7-3-5(10)4(9)2(1-8)12-6(3)11;/h5-14H,1,3H2,2H3;2-6,11-14H,1H2,(H4,8,9,10);2-6,8-11H,1,7H2;1H. The third-order valence-electron chi connectivity index (χ3n) is 6.43. The first-order valence-electron chi connectivity index (χ1n) is 12.7. The summed E-state index contributed by atoms with van der Waals surface area (Å²) in [5.41, 5.74) is 16.0. The lowest BCUT2D eigenvalue weighted by molar-refractivity contribution is -0.253. The van der Waals surface area contributed by atoms with Gasteiger partial charge in [0.25, 0.3) is 0 Å². The number of aliphatic hydroxyl groups excluding tert-OH is 12. The van der Waals surface area contributed by atoms with E-state index in [1.807, 2.05) is 0 Å². The van der Waals surface area contributed by atoms with Gasteiger partial charge in [0, 0.05) is 5.70 Å². The van der Waals surface area contributed by atoms with Crippen molar-refractivity contribution in [3.8, 4) is 0 Å². The topological polar surface area (TPSA) is 373 Å². The first-order valence-corrected chi connectivity index (χ1v) is 12.7. The van der Waals surface area contributed by atoms with Gasteiger partial charge in [-0.3, -0.25) is 0 Å². The minimum atomic E-state index is -1.47. The maximum absolute atomic E-state index is 9.65. The Morgan fingerprint density at radius 1 is 0.674 bits per heavy atom. The maximum Gasteiger partial charge on any atom is 0.186 e. The molecule has 0 amide bonds. The molecule has 3 fully saturated rings. The molecule has 0 aromatic heterocycles. The van der Waals surface area contributed by atoms with Crippen molar-refractivity contribution in [2.45, 2.75) is 98.9 Å². The molecule has 43 heavy (non-hydrogen) atoms. The van der Waals surface area contributed by atoms with Crippen LogP contribution >= 0.6 is 12.4 Å². The lowest BCUT2D eigenvalue weighted by atomic mass is 9.97. The van der Waals surface area contributed by atoms with Crippen LogP contribution in [0.15, 0.2) is 17.3 Å². The summed E-state index contributed by atoms with van der Waals surface area (Å²) in [6.45, 7) is 3.76. The van der Waals surface area contributed by atoms with E-state index >= 15 is 0 Å². The van der Waals surface area contributed by atoms with Crippen molar-refractivity contribution in [2.24, 2.45) is 22.2 Å². The molecule has 256 valence electrons. The van der Waals surface area contributed by atoms with Gasteiger partial charge in [-0.25, -0.2) is 4.99 Å². The molecular weight excluding hydrogens is 610 g/mol. The van der Waals surface area contributed by atoms with Crippen LogP contribution in [0, 0.1) is 0 Å². The molecule has 0 radical (unpaired) electrons. The van der Waals surface area contributed by atoms with E-state index < -0.39 is 112 Å². The number of allylic oxidation sites excluding steroid dienone is 1. The van der Waals surface area contributed by atoms with Crippen molar-refractivity contribution in [1.82, 2.24) is 5.32 Å². The molecule has 15 unspecified atom stereocenters. The molecule has 20 nitrogen and oxygen atoms in total. The van der Waals surface area contributed by atoms with Crippen molar-refractivity contribution >= 4 is 18.4 Å². The van der Waals surface area contributed by atoms with Gasteiger partial charge in [-0.15, -0.1) is 12.4 Å². The van der Waals surface area contributed by atoms with E-state index in [9.17, 15) is 40.9 Å². The lowest BCUT2D eigenvalue weighted by Crippen LogP contribution is -2.62. The van der Waals surface area contributed by atoms with Crippen LogP contribution in [0.3, 0.4) is 0 Å². The van der Waals surface area contributed by atoms with Crippen LogP contribution in [0.1, 0.15) is 6.92 Å². The Balaban J connectivity index is 0.000000613. The zero-order chi connectivity index (χ0) is 32.5. The number of nitrogens with zero attached hydrogens (tertiary/aromatic N) is 1. The van der Waals surface area contributed by atoms with Crippen molar-refractivity contribution in [3.05, 3.63) is 12.3 Å². The average molecular weight is 656 g/mol. The Morgan fingerprint density at radius 3 is 1.49 bits per heavy atom. The summed E-state index contributed by atoms with van der Waals surface area (Å²) in [7, 11) is 0. The van der Waals surface area contributed by atoms with Crippen LogP contribution in [-0.2, 0) is 14.2 Å². The van der Waals surface area contributed by atoms with Crippen molar-refractivity contribution in [2.75, 3.05) is 19.8 Å². The highest BCUT2D eigenvalue weighted by Crippen LogP contribution is 2.22. The number of aliphatic imine (C=N–C) groups is 1. The van der Waals surface area contributed by atoms with Crippen molar-refractivity contribution < 1.29 is 75.5 Å². The first-order chi connectivity index (χ1) is 19.5. The number of hydrogen-bond acceptors (Lipinski definition) is 18. The zero-order valence-electron chi connectivity index (χ0n) is 23.2. The first kappa shape index (κ1) is 41.5. The van der Waals surface area contributed by atoms with E-state index in [1.54, 1.807) is 6.92 Å². The van der Waals surface area contributed by atoms with Gasteiger partial charge in [0.15, 0.2) is 24.8 Å². The van der Waals surface area contributed by atoms with E-state index in [0.717, 1.165) is 0 Å². The van der Waals surface area contributed by atoms with Gasteiger partial charge in [0.1, 0.15) is 67.0 Å². The molecule has 3 saturated heterocycles. The number of halogens is 1. The molecule has 0 bridgehead atoms. The quantitative estimate of drug-likeness (QED) is 0.0932. The number of nitrogens with one attached hydrogen (secondary N) is 1. The van der Waals surface area contributed by atoms with Crippen LogP contribution in [0.2, 0.25) is 0 Å². The highest BCUT2D eigenvalue weighted by molar-refractivity contribution is 5.85. The predicted octanol–water partition coefficient (Wildman–Crippen LogP) is -8.86. The van der Waals surface area contributed by atoms with E-state index in [2.05, 4.69) is 16.9 Å². The average Bonchev–Trinajstić information content (AvgIpc) is 2.94. The fourth-order valence-corrected chi connectivity index (χ4v) is 4.05. The number of rotatable bonds is 6. The number of hydrogen-bond donors (Lipinski definition) is 16. The molecule has 0 spiro atoms. The van der Waals surface area contributed by atoms with Gasteiger partial charge < -0.3 is 98.0 Å². The summed E-state index contributed by atoms with van der Waals surface area (Å²) in [6, 6.07) is -3.05. The smallest absolute Gasteiger partial charge is 0.186 e. The van der Waals surface area contributed by atoms with Crippen LogP contribution in [0.4, 0.5) is 0 Å². The van der Waals surface area contributed by atoms with Crippen molar-refractivity contribution in [3.63, 3.8) is 0 Å². The Labute approximate surface area is 252 Å². The molecule has 19 N–H and O–H groups in total. The summed E-state index contributed by atoms with van der Waals surface area (Å²) in [5, 5.41) is 113. The third-order valence-corrected chi connectivity index (χ3v) is 6.43. The Morgan fingerprint density at radius 2 is 1.07 bits per heavy atom. The summed E-state index contributed by atoms with van der Waals surface area (Å²) in [4.78, 5) is 3.52. The number of ether oxygens (including phenoxy) is 3. The highest BCUT2D eigenvalue weighted by atomic mass is 35.5. The summed E-state index contributed by atoms with van der Waals surface area (Å²) in [6.07, 6.45) is -14.9. The molecule has 3 rings (SSSR count). The fourth-order valence-electron chi connectivity index (χ4n) is 4.05. The van der Waals surface area contributed by atoms with Gasteiger partial charge >= 0.3 is 0 Å². The molecule has 21 heteroatoms. The second-order valence-electron chi connectivity index (χ2n) is 9.76. The zero-order valence-corrected chi connectivity index (χ0v) is 24.0. The molecule has 0 aromatic carbocycles. The normalized spacial score (nSPS) is 42.5. The summed E-state index contributed by atoms with van der Waals surface area (Å²) >= 11 is 0. The van der Waals surface area contributed by atoms with Gasteiger partial charge in [0.05, 0.1) is 25.9 Å². The second kappa shape index (κ2) is 19.1. The molecule has 0 aromatic rings. The van der Waals surface area contributed by atoms with Crippen LogP contribution in [0.5, 0.6) is 0 Å². The van der Waals surface area contributed by atoms with E-state index in [1.165, 1.54) is 0 Å². The summed E-state index contributed by atoms with van der Waals surface area (Å²) < 4.78 is 14.4. The Bertz CT molecular complexity index is 844. The minimum Gasteiger partial charge on any atom is -0.394 e. The van der Waals surface area contributed by atoms with Gasteiger partial charge in [-0.2, -0.15) is 0 Å². The minimum absolute atomic E-state index is 0. The van der Waals surface area contributed by atoms with Gasteiger partial charge in [0.2, 0.25) is 0 Å². The lowest BCUT2D eigenvalue weighted by Gasteiger charge is -2.40. The number of nitrogens with two attached hydrogens (primary N) is 3. The summed E-state index contributed by atoms with van der Waals surface area (Å²) in [5.74, 6) is -0.337. The fraction of sp³-hybridized carbons (Fsp3) is 0.864. The molecule has 3 aliphatic rings. The molecule has 15 atom stereocenters. The van der Waals surface area contributed by atoms with Crippen molar-refractivity contribution in [1.29, 1.82) is 0 Å². The SMILES string of the molecule is C=C(C)NC1C(O)OC(CO)C(O)C1O.Cl.NC(N)=NC1C(O)OC(CO)C(O)C1O.NC1C(O)OC(CO)C(O)C1O. The maximum atomic E-state index is 9.65. The second-order valence-corrected chi connectivity index (χ2v) is 9.76. The molecular formula is C22H46ClN5O15. The van der Waals surface area contributed by atoms with Gasteiger partial charge in [-0.1, -0.05) is 6.58 Å². The van der Waals surface area contributed by atoms with Crippen LogP contribution in [-0.4, -0.2) is 179 Å². The monoisotopic (exact) mass is 655 g/mol. The van der Waals surface area contributed by atoms with Crippen LogP contribution in [0.25, 0.3) is 0 Å². The van der Waals surface area contributed by atoms with Crippen LogP contribution < -0.4 is 22.5 Å². The number of aliphatic hydroxyl groups is 12. The molecule has 0 saturated carbocycles. The molecule has 0 aliphatic carbocycles. The molecule has 3 aliphatic heterocycles. The Kier molecular flexibility index (Phi) is 18.4. The van der Waals surface area contributed by atoms with E-state index in [0.29, 0.717) is 5.70 Å². The number of guanidine groups is 1. The Hall–Kier alpha value is -1.54.